The van der Waals surface area contributed by atoms with Crippen LogP contribution in [-0.2, 0) is 4.74 Å². The standard InChI is InChI=1S/C12H13NO4/c1-4-15-12(14)11-10(13-8(3)17-11)9-5-6-16-7(9)2/h5-6H,4H2,1-3H3. The number of carbonyl (C=O) groups excluding carboxylic acids is 1. The molecule has 0 radical (unpaired) electrons. The molecule has 0 aromatic carbocycles. The third-order valence-electron chi connectivity index (χ3n) is 2.31. The lowest BCUT2D eigenvalue weighted by Crippen LogP contribution is -2.04. The molecule has 0 spiro atoms. The number of aryl methyl sites for hydroxylation is 2. The van der Waals surface area contributed by atoms with E-state index >= 15 is 0 Å². The molecule has 2 rings (SSSR count). The molecular weight excluding hydrogens is 222 g/mol. The maximum Gasteiger partial charge on any atom is 0.376 e. The maximum atomic E-state index is 11.7. The van der Waals surface area contributed by atoms with Crippen molar-refractivity contribution in [3.63, 3.8) is 0 Å². The molecule has 0 fully saturated rings. The summed E-state index contributed by atoms with van der Waals surface area (Å²) in [7, 11) is 0. The van der Waals surface area contributed by atoms with E-state index in [4.69, 9.17) is 13.6 Å². The Morgan fingerprint density at radius 1 is 1.47 bits per heavy atom. The van der Waals surface area contributed by atoms with Gasteiger partial charge in [0.25, 0.3) is 0 Å². The summed E-state index contributed by atoms with van der Waals surface area (Å²) in [6.07, 6.45) is 1.55. The van der Waals surface area contributed by atoms with Crippen LogP contribution < -0.4 is 0 Å². The fourth-order valence-electron chi connectivity index (χ4n) is 1.58. The van der Waals surface area contributed by atoms with E-state index in [1.807, 2.05) is 0 Å². The van der Waals surface area contributed by atoms with Crippen molar-refractivity contribution >= 4 is 5.97 Å². The van der Waals surface area contributed by atoms with Gasteiger partial charge in [0.15, 0.2) is 5.89 Å². The summed E-state index contributed by atoms with van der Waals surface area (Å²) in [6, 6.07) is 1.75. The van der Waals surface area contributed by atoms with Crippen molar-refractivity contribution in [3.8, 4) is 11.3 Å². The quantitative estimate of drug-likeness (QED) is 0.765. The first-order chi connectivity index (χ1) is 8.13. The highest BCUT2D eigenvalue weighted by Gasteiger charge is 2.23. The first-order valence-electron chi connectivity index (χ1n) is 5.32. The largest absolute Gasteiger partial charge is 0.469 e. The molecular formula is C12H13NO4. The van der Waals surface area contributed by atoms with Gasteiger partial charge in [0.05, 0.1) is 12.9 Å². The molecule has 0 bridgehead atoms. The Labute approximate surface area is 98.4 Å². The number of hydrogen-bond donors (Lipinski definition) is 0. The van der Waals surface area contributed by atoms with Gasteiger partial charge in [-0.2, -0.15) is 0 Å². The third kappa shape index (κ3) is 2.08. The van der Waals surface area contributed by atoms with Crippen LogP contribution in [0.15, 0.2) is 21.2 Å². The van der Waals surface area contributed by atoms with Gasteiger partial charge in [-0.15, -0.1) is 0 Å². The number of aromatic nitrogens is 1. The van der Waals surface area contributed by atoms with Crippen LogP contribution in [0.2, 0.25) is 0 Å². The lowest BCUT2D eigenvalue weighted by atomic mass is 10.1. The predicted octanol–water partition coefficient (Wildman–Crippen LogP) is 2.73. The average Bonchev–Trinajstić information content (AvgIpc) is 2.84. The topological polar surface area (TPSA) is 65.5 Å². The number of ether oxygens (including phenoxy) is 1. The van der Waals surface area contributed by atoms with Gasteiger partial charge >= 0.3 is 5.97 Å². The van der Waals surface area contributed by atoms with Crippen LogP contribution in [0.25, 0.3) is 11.3 Å². The fourth-order valence-corrected chi connectivity index (χ4v) is 1.58. The highest BCUT2D eigenvalue weighted by Crippen LogP contribution is 2.28. The summed E-state index contributed by atoms with van der Waals surface area (Å²) in [5.74, 6) is 0.713. The van der Waals surface area contributed by atoms with Crippen LogP contribution in [0.5, 0.6) is 0 Å². The zero-order valence-electron chi connectivity index (χ0n) is 9.94. The van der Waals surface area contributed by atoms with Crippen molar-refractivity contribution in [1.29, 1.82) is 0 Å². The number of carbonyl (C=O) groups is 1. The molecule has 0 saturated carbocycles. The van der Waals surface area contributed by atoms with Crippen LogP contribution in [-0.4, -0.2) is 17.6 Å². The molecule has 2 aromatic heterocycles. The minimum absolute atomic E-state index is 0.119. The summed E-state index contributed by atoms with van der Waals surface area (Å²) in [6.45, 7) is 5.52. The second kappa shape index (κ2) is 4.45. The first-order valence-corrected chi connectivity index (χ1v) is 5.32. The lowest BCUT2D eigenvalue weighted by molar-refractivity contribution is 0.0490. The molecule has 0 unspecified atom stereocenters. The molecule has 0 saturated heterocycles. The van der Waals surface area contributed by atoms with E-state index in [-0.39, 0.29) is 5.76 Å². The smallest absolute Gasteiger partial charge is 0.376 e. The second-order valence-electron chi connectivity index (χ2n) is 3.52. The van der Waals surface area contributed by atoms with Crippen LogP contribution in [0, 0.1) is 13.8 Å². The van der Waals surface area contributed by atoms with Crippen LogP contribution >= 0.6 is 0 Å². The van der Waals surface area contributed by atoms with Gasteiger partial charge in [-0.3, -0.25) is 0 Å². The summed E-state index contributed by atoms with van der Waals surface area (Å²) in [4.78, 5) is 15.9. The summed E-state index contributed by atoms with van der Waals surface area (Å²) < 4.78 is 15.4. The van der Waals surface area contributed by atoms with E-state index < -0.39 is 5.97 Å². The molecule has 90 valence electrons. The molecule has 0 aliphatic heterocycles. The highest BCUT2D eigenvalue weighted by molar-refractivity contribution is 5.93. The molecule has 2 aromatic rings. The van der Waals surface area contributed by atoms with Gasteiger partial charge < -0.3 is 13.6 Å². The third-order valence-corrected chi connectivity index (χ3v) is 2.31. The molecule has 0 N–H and O–H groups in total. The van der Waals surface area contributed by atoms with E-state index in [0.717, 1.165) is 5.56 Å². The summed E-state index contributed by atoms with van der Waals surface area (Å²) in [5, 5.41) is 0. The Morgan fingerprint density at radius 3 is 2.82 bits per heavy atom. The van der Waals surface area contributed by atoms with Crippen molar-refractivity contribution in [2.24, 2.45) is 0 Å². The van der Waals surface area contributed by atoms with Gasteiger partial charge in [-0.05, 0) is 19.9 Å². The van der Waals surface area contributed by atoms with Gasteiger partial charge in [0, 0.05) is 12.5 Å². The van der Waals surface area contributed by atoms with Crippen molar-refractivity contribution in [1.82, 2.24) is 4.98 Å². The molecule has 0 atom stereocenters. The molecule has 2 heterocycles. The maximum absolute atomic E-state index is 11.7. The summed E-state index contributed by atoms with van der Waals surface area (Å²) >= 11 is 0. The Kier molecular flexibility index (Phi) is 2.99. The number of oxazole rings is 1. The number of furan rings is 1. The van der Waals surface area contributed by atoms with E-state index in [0.29, 0.717) is 24.0 Å². The second-order valence-corrected chi connectivity index (χ2v) is 3.52. The van der Waals surface area contributed by atoms with Gasteiger partial charge in [0.1, 0.15) is 11.5 Å². The molecule has 0 amide bonds. The molecule has 5 nitrogen and oxygen atoms in total. The Balaban J connectivity index is 2.48. The number of hydrogen-bond acceptors (Lipinski definition) is 5. The molecule has 0 aliphatic rings. The minimum Gasteiger partial charge on any atom is -0.469 e. The number of rotatable bonds is 3. The fraction of sp³-hybridized carbons (Fsp3) is 0.333. The van der Waals surface area contributed by atoms with Crippen LogP contribution in [0.3, 0.4) is 0 Å². The Hall–Kier alpha value is -2.04. The molecule has 17 heavy (non-hydrogen) atoms. The summed E-state index contributed by atoms with van der Waals surface area (Å²) in [5.41, 5.74) is 1.21. The Bertz CT molecular complexity index is 538. The van der Waals surface area contributed by atoms with Crippen molar-refractivity contribution < 1.29 is 18.4 Å². The predicted molar refractivity (Wildman–Crippen MR) is 59.6 cm³/mol. The monoisotopic (exact) mass is 235 g/mol. The number of esters is 1. The number of nitrogens with zero attached hydrogens (tertiary/aromatic N) is 1. The average molecular weight is 235 g/mol. The lowest BCUT2D eigenvalue weighted by Gasteiger charge is -1.99. The highest BCUT2D eigenvalue weighted by atomic mass is 16.5. The van der Waals surface area contributed by atoms with Gasteiger partial charge in [-0.25, -0.2) is 9.78 Å². The van der Waals surface area contributed by atoms with E-state index in [1.54, 1.807) is 33.1 Å². The minimum atomic E-state index is -0.510. The van der Waals surface area contributed by atoms with Crippen LogP contribution in [0.1, 0.15) is 29.1 Å². The van der Waals surface area contributed by atoms with Gasteiger partial charge in [0.2, 0.25) is 5.76 Å². The zero-order valence-corrected chi connectivity index (χ0v) is 9.94. The first kappa shape index (κ1) is 11.4. The van der Waals surface area contributed by atoms with E-state index in [2.05, 4.69) is 4.98 Å². The molecule has 5 heteroatoms. The SMILES string of the molecule is CCOC(=O)c1oc(C)nc1-c1ccoc1C. The van der Waals surface area contributed by atoms with E-state index in [1.165, 1.54) is 0 Å². The molecule has 0 aliphatic carbocycles. The van der Waals surface area contributed by atoms with Crippen molar-refractivity contribution in [2.75, 3.05) is 6.61 Å². The van der Waals surface area contributed by atoms with Crippen LogP contribution in [0.4, 0.5) is 0 Å². The Morgan fingerprint density at radius 2 is 2.24 bits per heavy atom. The normalized spacial score (nSPS) is 10.5. The van der Waals surface area contributed by atoms with Gasteiger partial charge in [-0.1, -0.05) is 0 Å². The zero-order chi connectivity index (χ0) is 12.4. The van der Waals surface area contributed by atoms with E-state index in [9.17, 15) is 4.79 Å². The van der Waals surface area contributed by atoms with Crippen molar-refractivity contribution in [2.45, 2.75) is 20.8 Å². The van der Waals surface area contributed by atoms with Crippen molar-refractivity contribution in [3.05, 3.63) is 29.7 Å².